The Morgan fingerprint density at radius 1 is 1.00 bits per heavy atom. The summed E-state index contributed by atoms with van der Waals surface area (Å²) in [5.41, 5.74) is 2.13. The lowest BCUT2D eigenvalue weighted by atomic mass is 10.2. The Balaban J connectivity index is 1.47. The summed E-state index contributed by atoms with van der Waals surface area (Å²) in [5.74, 6) is 2.32. The molecule has 0 spiro atoms. The molecule has 0 saturated heterocycles. The standard InChI is InChI=1S/C17H16N4O/c1-2-4-13(5-3-1)12-22-16-10-8-15(9-11-16)21-17(14-6-7-14)18-19-20-21/h1-5,8-11,14H,6-7,12H2. The quantitative estimate of drug-likeness (QED) is 0.725. The average molecular weight is 292 g/mol. The van der Waals surface area contributed by atoms with E-state index < -0.39 is 0 Å². The maximum atomic E-state index is 5.79. The smallest absolute Gasteiger partial charge is 0.159 e. The van der Waals surface area contributed by atoms with Gasteiger partial charge < -0.3 is 4.74 Å². The van der Waals surface area contributed by atoms with Gasteiger partial charge in [-0.1, -0.05) is 30.3 Å². The molecule has 1 heterocycles. The molecule has 110 valence electrons. The molecule has 0 bridgehead atoms. The number of aromatic nitrogens is 4. The number of rotatable bonds is 5. The summed E-state index contributed by atoms with van der Waals surface area (Å²) in [7, 11) is 0. The minimum absolute atomic E-state index is 0.518. The van der Waals surface area contributed by atoms with Gasteiger partial charge in [0.15, 0.2) is 5.82 Å². The number of hydrogen-bond acceptors (Lipinski definition) is 4. The van der Waals surface area contributed by atoms with E-state index >= 15 is 0 Å². The maximum Gasteiger partial charge on any atom is 0.159 e. The van der Waals surface area contributed by atoms with Gasteiger partial charge in [-0.25, -0.2) is 0 Å². The first-order chi connectivity index (χ1) is 10.9. The van der Waals surface area contributed by atoms with Gasteiger partial charge in [-0.3, -0.25) is 0 Å². The lowest BCUT2D eigenvalue weighted by molar-refractivity contribution is 0.306. The van der Waals surface area contributed by atoms with E-state index in [0.29, 0.717) is 12.5 Å². The van der Waals surface area contributed by atoms with Crippen molar-refractivity contribution >= 4 is 0 Å². The molecule has 3 aromatic rings. The molecule has 0 atom stereocenters. The van der Waals surface area contributed by atoms with Crippen molar-refractivity contribution in [2.75, 3.05) is 0 Å². The molecule has 1 aliphatic carbocycles. The third-order valence-electron chi connectivity index (χ3n) is 3.77. The average Bonchev–Trinajstić information content (AvgIpc) is 3.31. The summed E-state index contributed by atoms with van der Waals surface area (Å²) < 4.78 is 7.61. The Morgan fingerprint density at radius 3 is 2.50 bits per heavy atom. The summed E-state index contributed by atoms with van der Waals surface area (Å²) >= 11 is 0. The van der Waals surface area contributed by atoms with Crippen LogP contribution >= 0.6 is 0 Å². The van der Waals surface area contributed by atoms with Crippen molar-refractivity contribution in [3.63, 3.8) is 0 Å². The van der Waals surface area contributed by atoms with Gasteiger partial charge in [-0.2, -0.15) is 4.68 Å². The summed E-state index contributed by atoms with van der Waals surface area (Å²) in [6, 6.07) is 18.0. The van der Waals surface area contributed by atoms with E-state index in [-0.39, 0.29) is 0 Å². The highest BCUT2D eigenvalue weighted by Gasteiger charge is 2.29. The first-order valence-electron chi connectivity index (χ1n) is 7.45. The van der Waals surface area contributed by atoms with Crippen LogP contribution in [0.5, 0.6) is 5.75 Å². The SMILES string of the molecule is c1ccc(COc2ccc(-n3nnnc3C3CC3)cc2)cc1. The second-order valence-corrected chi connectivity index (χ2v) is 5.49. The Bertz CT molecular complexity index is 748. The number of tetrazole rings is 1. The lowest BCUT2D eigenvalue weighted by Gasteiger charge is -2.08. The monoisotopic (exact) mass is 292 g/mol. The molecule has 1 aromatic heterocycles. The second-order valence-electron chi connectivity index (χ2n) is 5.49. The van der Waals surface area contributed by atoms with Gasteiger partial charge in [0, 0.05) is 5.92 Å². The van der Waals surface area contributed by atoms with Crippen LogP contribution in [0, 0.1) is 0 Å². The lowest BCUT2D eigenvalue weighted by Crippen LogP contribution is -2.02. The van der Waals surface area contributed by atoms with Crippen molar-refractivity contribution in [2.45, 2.75) is 25.4 Å². The molecule has 0 aliphatic heterocycles. The van der Waals surface area contributed by atoms with E-state index in [1.165, 1.54) is 12.8 Å². The second kappa shape index (κ2) is 5.60. The molecule has 0 unspecified atom stereocenters. The Hall–Kier alpha value is -2.69. The Labute approximate surface area is 128 Å². The van der Waals surface area contributed by atoms with Crippen LogP contribution in [0.2, 0.25) is 0 Å². The van der Waals surface area contributed by atoms with Gasteiger partial charge >= 0.3 is 0 Å². The van der Waals surface area contributed by atoms with Gasteiger partial charge in [-0.15, -0.1) is 5.10 Å². The van der Waals surface area contributed by atoms with E-state index in [1.54, 1.807) is 0 Å². The van der Waals surface area contributed by atoms with Crippen LogP contribution in [-0.4, -0.2) is 20.2 Å². The van der Waals surface area contributed by atoms with Gasteiger partial charge in [0.05, 0.1) is 5.69 Å². The minimum atomic E-state index is 0.518. The van der Waals surface area contributed by atoms with Crippen molar-refractivity contribution in [2.24, 2.45) is 0 Å². The highest BCUT2D eigenvalue weighted by molar-refractivity contribution is 5.37. The predicted molar refractivity (Wildman–Crippen MR) is 81.9 cm³/mol. The largest absolute Gasteiger partial charge is 0.489 e. The van der Waals surface area contributed by atoms with Crippen molar-refractivity contribution in [3.8, 4) is 11.4 Å². The van der Waals surface area contributed by atoms with E-state index in [9.17, 15) is 0 Å². The molecule has 1 aliphatic rings. The van der Waals surface area contributed by atoms with Crippen molar-refractivity contribution in [1.82, 2.24) is 20.2 Å². The van der Waals surface area contributed by atoms with Crippen LogP contribution in [-0.2, 0) is 6.61 Å². The molecule has 1 fully saturated rings. The molecule has 0 amide bonds. The fourth-order valence-electron chi connectivity index (χ4n) is 2.40. The fourth-order valence-corrected chi connectivity index (χ4v) is 2.40. The van der Waals surface area contributed by atoms with Crippen molar-refractivity contribution in [1.29, 1.82) is 0 Å². The van der Waals surface area contributed by atoms with Gasteiger partial charge in [0.25, 0.3) is 0 Å². The molecule has 22 heavy (non-hydrogen) atoms. The van der Waals surface area contributed by atoms with Crippen molar-refractivity contribution < 1.29 is 4.74 Å². The number of ether oxygens (including phenoxy) is 1. The first kappa shape index (κ1) is 13.0. The van der Waals surface area contributed by atoms with E-state index in [0.717, 1.165) is 22.8 Å². The van der Waals surface area contributed by atoms with E-state index in [4.69, 9.17) is 4.74 Å². The van der Waals surface area contributed by atoms with Crippen LogP contribution < -0.4 is 4.74 Å². The zero-order valence-corrected chi connectivity index (χ0v) is 12.1. The zero-order chi connectivity index (χ0) is 14.8. The molecule has 5 heteroatoms. The van der Waals surface area contributed by atoms with E-state index in [2.05, 4.69) is 27.7 Å². The molecule has 4 rings (SSSR count). The molecular formula is C17H16N4O. The normalized spacial score (nSPS) is 14.0. The van der Waals surface area contributed by atoms with Crippen LogP contribution in [0.3, 0.4) is 0 Å². The molecule has 2 aromatic carbocycles. The van der Waals surface area contributed by atoms with Crippen LogP contribution in [0.1, 0.15) is 30.1 Å². The predicted octanol–water partition coefficient (Wildman–Crippen LogP) is 3.12. The van der Waals surface area contributed by atoms with Crippen LogP contribution in [0.15, 0.2) is 54.6 Å². The van der Waals surface area contributed by atoms with E-state index in [1.807, 2.05) is 47.1 Å². The highest BCUT2D eigenvalue weighted by Crippen LogP contribution is 2.39. The maximum absolute atomic E-state index is 5.79. The summed E-state index contributed by atoms with van der Waals surface area (Å²) in [6.07, 6.45) is 2.36. The molecular weight excluding hydrogens is 276 g/mol. The third kappa shape index (κ3) is 2.70. The Morgan fingerprint density at radius 2 is 1.77 bits per heavy atom. The van der Waals surface area contributed by atoms with Crippen LogP contribution in [0.25, 0.3) is 5.69 Å². The zero-order valence-electron chi connectivity index (χ0n) is 12.1. The number of hydrogen-bond donors (Lipinski definition) is 0. The van der Waals surface area contributed by atoms with Crippen LogP contribution in [0.4, 0.5) is 0 Å². The molecule has 0 radical (unpaired) electrons. The van der Waals surface area contributed by atoms with Gasteiger partial charge in [0.1, 0.15) is 12.4 Å². The first-order valence-corrected chi connectivity index (χ1v) is 7.45. The van der Waals surface area contributed by atoms with Gasteiger partial charge in [-0.05, 0) is 53.1 Å². The summed E-state index contributed by atoms with van der Waals surface area (Å²) in [4.78, 5) is 0. The molecule has 1 saturated carbocycles. The molecule has 0 N–H and O–H groups in total. The topological polar surface area (TPSA) is 52.8 Å². The summed E-state index contributed by atoms with van der Waals surface area (Å²) in [6.45, 7) is 0.568. The highest BCUT2D eigenvalue weighted by atomic mass is 16.5. The molecule has 5 nitrogen and oxygen atoms in total. The number of benzene rings is 2. The fraction of sp³-hybridized carbons (Fsp3) is 0.235. The van der Waals surface area contributed by atoms with Gasteiger partial charge in [0.2, 0.25) is 0 Å². The minimum Gasteiger partial charge on any atom is -0.489 e. The van der Waals surface area contributed by atoms with Crippen molar-refractivity contribution in [3.05, 3.63) is 66.0 Å². The summed E-state index contributed by atoms with van der Waals surface area (Å²) in [5, 5.41) is 12.0. The number of nitrogens with zero attached hydrogens (tertiary/aromatic N) is 4. The third-order valence-corrected chi connectivity index (χ3v) is 3.77. The Kier molecular flexibility index (Phi) is 3.31.